The van der Waals surface area contributed by atoms with Crippen molar-refractivity contribution in [1.82, 2.24) is 5.32 Å². The van der Waals surface area contributed by atoms with E-state index in [1.54, 1.807) is 11.3 Å². The minimum atomic E-state index is 0.343. The highest BCUT2D eigenvalue weighted by Crippen LogP contribution is 2.27. The highest BCUT2D eigenvalue weighted by atomic mass is 35.5. The molecule has 0 saturated carbocycles. The Labute approximate surface area is 136 Å². The summed E-state index contributed by atoms with van der Waals surface area (Å²) in [7, 11) is 4.13. The second-order valence-corrected chi connectivity index (χ2v) is 7.20. The summed E-state index contributed by atoms with van der Waals surface area (Å²) < 4.78 is 0.863. The van der Waals surface area contributed by atoms with E-state index in [1.807, 2.05) is 6.07 Å². The molecule has 4 heteroatoms. The van der Waals surface area contributed by atoms with Crippen LogP contribution >= 0.6 is 22.9 Å². The fourth-order valence-electron chi connectivity index (χ4n) is 2.29. The molecule has 1 aromatic carbocycles. The molecule has 0 saturated heterocycles. The molecule has 0 spiro atoms. The van der Waals surface area contributed by atoms with E-state index in [1.165, 1.54) is 16.1 Å². The van der Waals surface area contributed by atoms with Crippen LogP contribution < -0.4 is 10.2 Å². The van der Waals surface area contributed by atoms with Gasteiger partial charge in [0.25, 0.3) is 0 Å². The first-order chi connectivity index (χ1) is 10.1. The standard InChI is InChI=1S/C17H23ClN2S/c1-4-11-19-16(12-15-9-10-17(18)21-15)13-5-7-14(8-6-13)20(2)3/h5-10,16,19H,4,11-12H2,1-3H3. The number of hydrogen-bond donors (Lipinski definition) is 1. The molecule has 21 heavy (non-hydrogen) atoms. The Morgan fingerprint density at radius 1 is 1.14 bits per heavy atom. The third-order valence-electron chi connectivity index (χ3n) is 3.49. The average Bonchev–Trinajstić information content (AvgIpc) is 2.89. The van der Waals surface area contributed by atoms with Crippen molar-refractivity contribution in [2.75, 3.05) is 25.5 Å². The quantitative estimate of drug-likeness (QED) is 0.791. The van der Waals surface area contributed by atoms with Crippen LogP contribution in [-0.4, -0.2) is 20.6 Å². The van der Waals surface area contributed by atoms with Crippen molar-refractivity contribution >= 4 is 28.6 Å². The van der Waals surface area contributed by atoms with Crippen molar-refractivity contribution in [3.63, 3.8) is 0 Å². The van der Waals surface area contributed by atoms with E-state index in [4.69, 9.17) is 11.6 Å². The molecule has 0 fully saturated rings. The van der Waals surface area contributed by atoms with Crippen LogP contribution in [0.5, 0.6) is 0 Å². The Balaban J connectivity index is 2.14. The normalized spacial score (nSPS) is 12.4. The van der Waals surface area contributed by atoms with Crippen molar-refractivity contribution in [2.45, 2.75) is 25.8 Å². The van der Waals surface area contributed by atoms with Gasteiger partial charge in [-0.05, 0) is 42.8 Å². The number of anilines is 1. The van der Waals surface area contributed by atoms with Gasteiger partial charge in [-0.3, -0.25) is 0 Å². The number of halogens is 1. The molecule has 1 atom stereocenters. The van der Waals surface area contributed by atoms with Crippen molar-refractivity contribution < 1.29 is 0 Å². The van der Waals surface area contributed by atoms with Gasteiger partial charge in [-0.2, -0.15) is 0 Å². The van der Waals surface area contributed by atoms with E-state index < -0.39 is 0 Å². The summed E-state index contributed by atoms with van der Waals surface area (Å²) in [6, 6.07) is 13.2. The van der Waals surface area contributed by atoms with Gasteiger partial charge in [0.1, 0.15) is 0 Å². The third kappa shape index (κ3) is 4.73. The molecular weight excluding hydrogens is 300 g/mol. The van der Waals surface area contributed by atoms with Gasteiger partial charge in [0.05, 0.1) is 4.34 Å². The number of thiophene rings is 1. The molecular formula is C17H23ClN2S. The molecule has 1 aromatic heterocycles. The maximum atomic E-state index is 6.04. The first kappa shape index (κ1) is 16.3. The van der Waals surface area contributed by atoms with Gasteiger partial charge < -0.3 is 10.2 Å². The van der Waals surface area contributed by atoms with Crippen LogP contribution in [0.1, 0.15) is 29.8 Å². The Hall–Kier alpha value is -1.03. The minimum absolute atomic E-state index is 0.343. The maximum absolute atomic E-state index is 6.04. The summed E-state index contributed by atoms with van der Waals surface area (Å²) in [5.74, 6) is 0. The van der Waals surface area contributed by atoms with Gasteiger partial charge in [0, 0.05) is 37.1 Å². The highest BCUT2D eigenvalue weighted by molar-refractivity contribution is 7.16. The second kappa shape index (κ2) is 7.83. The lowest BCUT2D eigenvalue weighted by atomic mass is 10.0. The second-order valence-electron chi connectivity index (χ2n) is 5.40. The van der Waals surface area contributed by atoms with Crippen LogP contribution in [0.3, 0.4) is 0 Å². The number of nitrogens with one attached hydrogen (secondary N) is 1. The van der Waals surface area contributed by atoms with Crippen molar-refractivity contribution in [2.24, 2.45) is 0 Å². The summed E-state index contributed by atoms with van der Waals surface area (Å²) in [4.78, 5) is 3.45. The number of nitrogens with zero attached hydrogens (tertiary/aromatic N) is 1. The molecule has 1 N–H and O–H groups in total. The predicted octanol–water partition coefficient (Wildman–Crippen LogP) is 4.75. The Bertz CT molecular complexity index is 548. The van der Waals surface area contributed by atoms with Crippen LogP contribution in [0.4, 0.5) is 5.69 Å². The zero-order valence-corrected chi connectivity index (χ0v) is 14.5. The highest BCUT2D eigenvalue weighted by Gasteiger charge is 2.13. The summed E-state index contributed by atoms with van der Waals surface area (Å²) >= 11 is 7.71. The largest absolute Gasteiger partial charge is 0.378 e. The lowest BCUT2D eigenvalue weighted by molar-refractivity contribution is 0.532. The SMILES string of the molecule is CCCNC(Cc1ccc(Cl)s1)c1ccc(N(C)C)cc1. The van der Waals surface area contributed by atoms with Crippen molar-refractivity contribution in [1.29, 1.82) is 0 Å². The molecule has 0 aliphatic rings. The van der Waals surface area contributed by atoms with Crippen LogP contribution in [-0.2, 0) is 6.42 Å². The number of hydrogen-bond acceptors (Lipinski definition) is 3. The predicted molar refractivity (Wildman–Crippen MR) is 94.8 cm³/mol. The number of benzene rings is 1. The molecule has 2 nitrogen and oxygen atoms in total. The van der Waals surface area contributed by atoms with E-state index in [9.17, 15) is 0 Å². The van der Waals surface area contributed by atoms with Crippen LogP contribution in [0.25, 0.3) is 0 Å². The van der Waals surface area contributed by atoms with Gasteiger partial charge in [0.2, 0.25) is 0 Å². The zero-order chi connectivity index (χ0) is 15.2. The smallest absolute Gasteiger partial charge is 0.0931 e. The molecule has 0 bridgehead atoms. The zero-order valence-electron chi connectivity index (χ0n) is 12.9. The Kier molecular flexibility index (Phi) is 6.09. The fraction of sp³-hybridized carbons (Fsp3) is 0.412. The number of rotatable bonds is 7. The monoisotopic (exact) mass is 322 g/mol. The molecule has 0 amide bonds. The Morgan fingerprint density at radius 3 is 2.38 bits per heavy atom. The lowest BCUT2D eigenvalue weighted by Crippen LogP contribution is -2.23. The Morgan fingerprint density at radius 2 is 1.86 bits per heavy atom. The topological polar surface area (TPSA) is 15.3 Å². The van der Waals surface area contributed by atoms with E-state index >= 15 is 0 Å². The van der Waals surface area contributed by atoms with E-state index in [0.717, 1.165) is 23.7 Å². The summed E-state index contributed by atoms with van der Waals surface area (Å²) in [6.07, 6.45) is 2.12. The fourth-order valence-corrected chi connectivity index (χ4v) is 3.43. The minimum Gasteiger partial charge on any atom is -0.378 e. The van der Waals surface area contributed by atoms with Crippen LogP contribution in [0.2, 0.25) is 4.34 Å². The first-order valence-corrected chi connectivity index (χ1v) is 8.54. The third-order valence-corrected chi connectivity index (χ3v) is 4.74. The average molecular weight is 323 g/mol. The van der Waals surface area contributed by atoms with Gasteiger partial charge in [-0.25, -0.2) is 0 Å². The van der Waals surface area contributed by atoms with Gasteiger partial charge >= 0.3 is 0 Å². The van der Waals surface area contributed by atoms with Crippen LogP contribution in [0, 0.1) is 0 Å². The van der Waals surface area contributed by atoms with E-state index in [-0.39, 0.29) is 0 Å². The summed E-state index contributed by atoms with van der Waals surface area (Å²) in [5.41, 5.74) is 2.56. The lowest BCUT2D eigenvalue weighted by Gasteiger charge is -2.20. The molecule has 1 unspecified atom stereocenters. The van der Waals surface area contributed by atoms with Crippen LogP contribution in [0.15, 0.2) is 36.4 Å². The molecule has 0 radical (unpaired) electrons. The maximum Gasteiger partial charge on any atom is 0.0931 e. The summed E-state index contributed by atoms with van der Waals surface area (Å²) in [6.45, 7) is 3.22. The van der Waals surface area contributed by atoms with Crippen molar-refractivity contribution in [3.05, 3.63) is 51.2 Å². The van der Waals surface area contributed by atoms with Gasteiger partial charge in [-0.15, -0.1) is 11.3 Å². The summed E-state index contributed by atoms with van der Waals surface area (Å²) in [5, 5.41) is 3.64. The first-order valence-electron chi connectivity index (χ1n) is 7.35. The van der Waals surface area contributed by atoms with Crippen molar-refractivity contribution in [3.8, 4) is 0 Å². The molecule has 0 aliphatic carbocycles. The van der Waals surface area contributed by atoms with Gasteiger partial charge in [0.15, 0.2) is 0 Å². The molecule has 1 heterocycles. The molecule has 114 valence electrons. The van der Waals surface area contributed by atoms with E-state index in [2.05, 4.69) is 61.6 Å². The molecule has 2 rings (SSSR count). The van der Waals surface area contributed by atoms with E-state index in [0.29, 0.717) is 6.04 Å². The molecule has 0 aliphatic heterocycles. The molecule has 2 aromatic rings. The van der Waals surface area contributed by atoms with Gasteiger partial charge in [-0.1, -0.05) is 30.7 Å².